The summed E-state index contributed by atoms with van der Waals surface area (Å²) in [5.74, 6) is -1.43. The van der Waals surface area contributed by atoms with Crippen molar-refractivity contribution in [2.24, 2.45) is 0 Å². The second kappa shape index (κ2) is 48.2. The number of aliphatic hydroxyl groups excluding tert-OH is 9. The number of rotatable bonds is 54. The summed E-state index contributed by atoms with van der Waals surface area (Å²) < 4.78 is 86.9. The molecule has 42 heteroatoms. The van der Waals surface area contributed by atoms with Crippen molar-refractivity contribution in [3.05, 3.63) is 0 Å². The fraction of sp³-hybridized carbons (Fsp3) is 0.946. The highest BCUT2D eigenvalue weighted by Crippen LogP contribution is 2.53. The molecular weight excluding hydrogens is 1460 g/mol. The van der Waals surface area contributed by atoms with Crippen molar-refractivity contribution < 1.29 is 145 Å². The molecule has 578 valence electrons. The fourth-order valence-electron chi connectivity index (χ4n) is 11.2. The van der Waals surface area contributed by atoms with Crippen LogP contribution in [0.5, 0.6) is 0 Å². The first-order valence-electron chi connectivity index (χ1n) is 33.0. The lowest BCUT2D eigenvalue weighted by molar-refractivity contribution is -0.270. The maximum atomic E-state index is 13.4. The van der Waals surface area contributed by atoms with E-state index in [-0.39, 0.29) is 66.1 Å². The molecule has 0 aromatic heterocycles. The number of carbonyl (C=O) groups excluding carboxylic acids is 3. The molecule has 0 spiro atoms. The van der Waals surface area contributed by atoms with Gasteiger partial charge < -0.3 is 146 Å². The number of carbonyl (C=O) groups is 3. The number of hydrogen-bond donors (Lipinski definition) is 17. The normalized spacial score (nSPS) is 28.7. The lowest BCUT2D eigenvalue weighted by atomic mass is 9.82. The molecule has 0 aliphatic carbocycles. The van der Waals surface area contributed by atoms with Crippen LogP contribution in [0.4, 0.5) is 0 Å². The Bertz CT molecular complexity index is 2240. The Morgan fingerprint density at radius 3 is 0.980 bits per heavy atom. The van der Waals surface area contributed by atoms with Crippen LogP contribution >= 0.6 is 39.2 Å². The third kappa shape index (κ3) is 36.0. The first kappa shape index (κ1) is 92.1. The summed E-state index contributed by atoms with van der Waals surface area (Å²) in [4.78, 5) is 79.0. The molecule has 3 amide bonds. The molecule has 0 aromatic rings. The van der Waals surface area contributed by atoms with Crippen LogP contribution in [0.2, 0.25) is 0 Å². The van der Waals surface area contributed by atoms with Gasteiger partial charge in [-0.3, -0.25) is 14.4 Å². The smallest absolute Gasteiger partial charge is 0.386 e. The maximum Gasteiger partial charge on any atom is 0.386 e. The van der Waals surface area contributed by atoms with Crippen LogP contribution in [0, 0.1) is 0 Å². The van der Waals surface area contributed by atoms with E-state index in [0.717, 1.165) is 0 Å². The lowest BCUT2D eigenvalue weighted by Crippen LogP contribution is -2.64. The molecular formula is C56H110N4O30P4S4. The van der Waals surface area contributed by atoms with Gasteiger partial charge in [-0.25, -0.2) is 4.57 Å². The molecule has 18 atom stereocenters. The van der Waals surface area contributed by atoms with Gasteiger partial charge in [0, 0.05) is 52.7 Å². The minimum atomic E-state index is -3.97. The Hall–Kier alpha value is -0.140. The van der Waals surface area contributed by atoms with Gasteiger partial charge in [0.1, 0.15) is 73.1 Å². The maximum absolute atomic E-state index is 13.4. The van der Waals surface area contributed by atoms with Crippen molar-refractivity contribution in [3.63, 3.8) is 0 Å². The van der Waals surface area contributed by atoms with Gasteiger partial charge in [0.15, 0.2) is 18.9 Å². The van der Waals surface area contributed by atoms with Crippen molar-refractivity contribution in [2.75, 3.05) is 99.5 Å². The van der Waals surface area contributed by atoms with Crippen LogP contribution < -0.4 is 16.0 Å². The van der Waals surface area contributed by atoms with Crippen LogP contribution in [0.1, 0.15) is 143 Å². The second-order valence-corrected chi connectivity index (χ2v) is 35.5. The first-order chi connectivity index (χ1) is 46.2. The highest BCUT2D eigenvalue weighted by Gasteiger charge is 2.48. The molecule has 0 radical (unpaired) electrons. The van der Waals surface area contributed by atoms with Gasteiger partial charge in [0.2, 0.25) is 17.7 Å². The number of unbranched alkanes of at least 4 members (excludes halogenated alkanes) is 9. The Balaban J connectivity index is 1.60. The van der Waals surface area contributed by atoms with E-state index in [2.05, 4.69) is 40.0 Å². The first-order valence-corrected chi connectivity index (χ1v) is 43.5. The molecule has 3 aliphatic rings. The molecule has 18 unspecified atom stereocenters. The fourth-order valence-corrected chi connectivity index (χ4v) is 15.5. The SMILES string of the molecule is CC(=O)NC1C(OCCCCCCOP(=O)(S)OCCCC(CCCOP(O)(=S)OCCCCCCOC2OC(CO)C(O)C(O)C2NC(C)=O)(CCCOP(O)(=S)OCCCCCCOC2OC(CO)C(O)C(O)C2NC(C)=O)N(C)CCCOP(O)(O)=S)OC(CO)C(O)C1O. The van der Waals surface area contributed by atoms with Gasteiger partial charge in [-0.05, 0) is 126 Å². The topological polar surface area (TPSA) is 491 Å². The molecule has 3 fully saturated rings. The van der Waals surface area contributed by atoms with E-state index in [0.29, 0.717) is 129 Å². The number of aliphatic hydroxyl groups is 9. The zero-order chi connectivity index (χ0) is 73.1. The molecule has 0 aromatic carbocycles. The monoisotopic (exact) mass is 1570 g/mol. The summed E-state index contributed by atoms with van der Waals surface area (Å²) in [5, 5.41) is 98.8. The standard InChI is InChI=1S/C56H110N4O30P4S4/c1-38(64)57-44-50(70)47(67)41(35-61)88-53(44)78-25-11-5-8-14-28-82-92(75,96)85-31-17-21-56(60(4)24-20-34-81-91(73,74)95,22-18-32-86-93(76,97)83-29-15-9-6-12-26-79-54-45(58-39(2)65)51(71)48(68)42(36-62)89-54)23-19-33-87-94(77,98)84-30-16-10-7-13-27-80-55-46(59-40(3)66)52(72)49(69)43(37-63)90-55/h41-55,61-63,67-72H,5-37H2,1-4H3,(H,57,64)(H,58,65)(H,59,66)(H,75,96)(H,76,97)(H,77,98)(H2,73,74,95). The van der Waals surface area contributed by atoms with Crippen molar-refractivity contribution in [1.29, 1.82) is 0 Å². The Morgan fingerprint density at radius 1 is 0.429 bits per heavy atom. The van der Waals surface area contributed by atoms with Crippen molar-refractivity contribution >= 4 is 92.3 Å². The summed E-state index contributed by atoms with van der Waals surface area (Å²) in [7, 11) is 1.85. The van der Waals surface area contributed by atoms with E-state index >= 15 is 0 Å². The van der Waals surface area contributed by atoms with Crippen LogP contribution in [-0.2, 0) is 114 Å². The average molecular weight is 1570 g/mol. The van der Waals surface area contributed by atoms with E-state index in [1.54, 1.807) is 0 Å². The minimum absolute atomic E-state index is 0.0340. The summed E-state index contributed by atoms with van der Waals surface area (Å²) in [6.07, 6.45) is -6.08. The number of hydrogen-bond acceptors (Lipinski definition) is 30. The van der Waals surface area contributed by atoms with Crippen molar-refractivity contribution in [2.45, 2.75) is 240 Å². The molecule has 3 rings (SSSR count). The molecule has 3 aliphatic heterocycles. The Kier molecular flexibility index (Phi) is 45.3. The molecule has 3 saturated heterocycles. The largest absolute Gasteiger partial charge is 0.394 e. The van der Waals surface area contributed by atoms with E-state index < -0.39 is 162 Å². The summed E-state index contributed by atoms with van der Waals surface area (Å²) in [6.45, 7) is -12.5. The molecule has 34 nitrogen and oxygen atoms in total. The third-order valence-corrected chi connectivity index (χ3v) is 22.2. The van der Waals surface area contributed by atoms with Crippen LogP contribution in [0.15, 0.2) is 0 Å². The highest BCUT2D eigenvalue weighted by atomic mass is 32.7. The molecule has 0 saturated carbocycles. The highest BCUT2D eigenvalue weighted by molar-refractivity contribution is 8.44. The number of amides is 3. The predicted molar refractivity (Wildman–Crippen MR) is 367 cm³/mol. The zero-order valence-corrected chi connectivity index (χ0v) is 63.1. The van der Waals surface area contributed by atoms with E-state index in [4.69, 9.17) is 83.7 Å². The molecule has 16 N–H and O–H groups in total. The van der Waals surface area contributed by atoms with Gasteiger partial charge in [-0.1, -0.05) is 50.8 Å². The summed E-state index contributed by atoms with van der Waals surface area (Å²) in [5.41, 5.74) is -0.758. The van der Waals surface area contributed by atoms with E-state index in [9.17, 15) is 84.5 Å². The van der Waals surface area contributed by atoms with E-state index in [1.807, 2.05) is 11.9 Å². The van der Waals surface area contributed by atoms with Gasteiger partial charge in [0.25, 0.3) is 0 Å². The number of thiol groups is 1. The van der Waals surface area contributed by atoms with Gasteiger partial charge >= 0.3 is 27.0 Å². The van der Waals surface area contributed by atoms with Gasteiger partial charge in [-0.2, -0.15) is 0 Å². The van der Waals surface area contributed by atoms with Gasteiger partial charge in [-0.15, -0.1) is 0 Å². The quantitative estimate of drug-likeness (QED) is 0.0227. The van der Waals surface area contributed by atoms with Crippen molar-refractivity contribution in [1.82, 2.24) is 20.9 Å². The Labute approximate surface area is 594 Å². The third-order valence-electron chi connectivity index (χ3n) is 16.3. The van der Waals surface area contributed by atoms with Crippen LogP contribution in [0.3, 0.4) is 0 Å². The lowest BCUT2D eigenvalue weighted by Gasteiger charge is -2.43. The van der Waals surface area contributed by atoms with Crippen LogP contribution in [-0.4, -0.2) is 285 Å². The van der Waals surface area contributed by atoms with Gasteiger partial charge in [0.05, 0.1) is 66.1 Å². The Morgan fingerprint density at radius 2 is 0.694 bits per heavy atom. The van der Waals surface area contributed by atoms with Crippen molar-refractivity contribution in [3.8, 4) is 0 Å². The summed E-state index contributed by atoms with van der Waals surface area (Å²) >= 11 is 19.6. The molecule has 3 heterocycles. The minimum Gasteiger partial charge on any atom is -0.394 e. The number of ether oxygens (including phenoxy) is 6. The van der Waals surface area contributed by atoms with Crippen LogP contribution in [0.25, 0.3) is 0 Å². The average Bonchev–Trinajstić information content (AvgIpc) is 0.829. The summed E-state index contributed by atoms with van der Waals surface area (Å²) in [6, 6.07) is -3.20. The zero-order valence-electron chi connectivity index (χ0n) is 56.2. The molecule has 0 bridgehead atoms. The number of nitrogens with zero attached hydrogens (tertiary/aromatic N) is 1. The van der Waals surface area contributed by atoms with E-state index in [1.165, 1.54) is 20.8 Å². The predicted octanol–water partition coefficient (Wildman–Crippen LogP) is 0.747. The molecule has 98 heavy (non-hydrogen) atoms. The number of nitrogens with one attached hydrogen (secondary N) is 3. The second-order valence-electron chi connectivity index (χ2n) is 24.2.